The topological polar surface area (TPSA) is 81.4 Å². The molecule has 3 aromatic rings. The molecule has 0 saturated heterocycles. The van der Waals surface area contributed by atoms with Crippen LogP contribution in [-0.2, 0) is 11.3 Å². The molecular formula is C21H22N2O4S. The van der Waals surface area contributed by atoms with Gasteiger partial charge in [-0.3, -0.25) is 0 Å². The molecule has 3 rings (SSSR count). The Bertz CT molecular complexity index is 1080. The van der Waals surface area contributed by atoms with Crippen LogP contribution in [0.5, 0.6) is 0 Å². The minimum Gasteiger partial charge on any atom is -0.456 e. The van der Waals surface area contributed by atoms with Crippen LogP contribution in [-0.4, -0.2) is 17.5 Å². The predicted molar refractivity (Wildman–Crippen MR) is 111 cm³/mol. The fourth-order valence-corrected chi connectivity index (χ4v) is 3.65. The van der Waals surface area contributed by atoms with E-state index in [1.807, 2.05) is 19.1 Å². The van der Waals surface area contributed by atoms with Crippen molar-refractivity contribution >= 4 is 33.4 Å². The largest absolute Gasteiger partial charge is 0.456 e. The van der Waals surface area contributed by atoms with Gasteiger partial charge in [0, 0.05) is 28.9 Å². The second-order valence-corrected chi connectivity index (χ2v) is 7.59. The van der Waals surface area contributed by atoms with E-state index < -0.39 is 11.6 Å². The van der Waals surface area contributed by atoms with Crippen LogP contribution in [0.15, 0.2) is 45.4 Å². The smallest absolute Gasteiger partial charge is 0.358 e. The van der Waals surface area contributed by atoms with Gasteiger partial charge in [0.15, 0.2) is 10.8 Å². The number of esters is 1. The van der Waals surface area contributed by atoms with E-state index in [-0.39, 0.29) is 12.3 Å². The van der Waals surface area contributed by atoms with Gasteiger partial charge in [-0.15, -0.1) is 17.9 Å². The van der Waals surface area contributed by atoms with Crippen LogP contribution >= 0.6 is 11.3 Å². The number of benzene rings is 1. The van der Waals surface area contributed by atoms with E-state index in [1.165, 1.54) is 17.4 Å². The second-order valence-electron chi connectivity index (χ2n) is 6.73. The summed E-state index contributed by atoms with van der Waals surface area (Å²) in [5.74, 6) is -0.219. The highest BCUT2D eigenvalue weighted by Gasteiger charge is 2.15. The van der Waals surface area contributed by atoms with E-state index in [4.69, 9.17) is 9.15 Å². The number of hydrogen-bond acceptors (Lipinski definition) is 7. The Hall–Kier alpha value is -2.93. The van der Waals surface area contributed by atoms with E-state index in [0.717, 1.165) is 16.5 Å². The van der Waals surface area contributed by atoms with E-state index in [0.29, 0.717) is 28.7 Å². The van der Waals surface area contributed by atoms with Gasteiger partial charge in [0.2, 0.25) is 0 Å². The minimum atomic E-state index is -0.541. The summed E-state index contributed by atoms with van der Waals surface area (Å²) < 4.78 is 10.7. The Morgan fingerprint density at radius 2 is 2.18 bits per heavy atom. The van der Waals surface area contributed by atoms with Crippen LogP contribution in [0, 0.1) is 6.92 Å². The third-order valence-electron chi connectivity index (χ3n) is 4.31. The van der Waals surface area contributed by atoms with Gasteiger partial charge in [-0.05, 0) is 36.1 Å². The number of rotatable bonds is 7. The number of carbonyl (C=O) groups is 1. The van der Waals surface area contributed by atoms with Crippen LogP contribution in [0.4, 0.5) is 5.13 Å². The van der Waals surface area contributed by atoms with Gasteiger partial charge in [0.1, 0.15) is 12.2 Å². The lowest BCUT2D eigenvalue weighted by atomic mass is 9.95. The second kappa shape index (κ2) is 8.39. The first-order valence-corrected chi connectivity index (χ1v) is 9.81. The zero-order valence-corrected chi connectivity index (χ0v) is 16.9. The molecule has 0 unspecified atom stereocenters. The number of fused-ring (bicyclic) bond motifs is 1. The molecule has 0 aliphatic carbocycles. The Kier molecular flexibility index (Phi) is 5.94. The minimum absolute atomic E-state index is 0.0333. The van der Waals surface area contributed by atoms with Crippen molar-refractivity contribution in [1.29, 1.82) is 0 Å². The van der Waals surface area contributed by atoms with Gasteiger partial charge in [-0.1, -0.05) is 19.9 Å². The van der Waals surface area contributed by atoms with Crippen molar-refractivity contribution in [2.45, 2.75) is 33.3 Å². The van der Waals surface area contributed by atoms with Crippen molar-refractivity contribution in [3.63, 3.8) is 0 Å². The van der Waals surface area contributed by atoms with E-state index in [2.05, 4.69) is 30.7 Å². The summed E-state index contributed by atoms with van der Waals surface area (Å²) in [5, 5.41) is 6.05. The first-order chi connectivity index (χ1) is 13.4. The molecule has 0 saturated carbocycles. The van der Waals surface area contributed by atoms with Crippen LogP contribution in [0.25, 0.3) is 11.0 Å². The average molecular weight is 398 g/mol. The molecule has 146 valence electrons. The van der Waals surface area contributed by atoms with Gasteiger partial charge in [-0.2, -0.15) is 0 Å². The molecule has 2 heterocycles. The van der Waals surface area contributed by atoms with Gasteiger partial charge < -0.3 is 14.5 Å². The summed E-state index contributed by atoms with van der Waals surface area (Å²) in [6, 6.07) is 5.23. The Morgan fingerprint density at radius 3 is 2.89 bits per heavy atom. The van der Waals surface area contributed by atoms with Gasteiger partial charge in [0.25, 0.3) is 0 Å². The molecule has 0 radical (unpaired) electrons. The first kappa shape index (κ1) is 19.8. The third kappa shape index (κ3) is 4.31. The standard InChI is InChI=1S/C21H22N2O4S/c1-5-6-22-21-23-17(11-28-21)20(25)26-10-14-8-19(24)27-18-7-13(4)15(12(2)3)9-16(14)18/h5,7-9,11-12H,1,6,10H2,2-4H3,(H,22,23). The quantitative estimate of drug-likeness (QED) is 0.355. The summed E-state index contributed by atoms with van der Waals surface area (Å²) in [4.78, 5) is 28.4. The molecule has 6 nitrogen and oxygen atoms in total. The number of anilines is 1. The average Bonchev–Trinajstić information content (AvgIpc) is 3.12. The Morgan fingerprint density at radius 1 is 1.39 bits per heavy atom. The molecule has 0 spiro atoms. The number of nitrogens with zero attached hydrogens (tertiary/aromatic N) is 1. The molecule has 1 aromatic carbocycles. The van der Waals surface area contributed by atoms with Gasteiger partial charge in [0.05, 0.1) is 0 Å². The molecule has 1 N–H and O–H groups in total. The lowest BCUT2D eigenvalue weighted by Gasteiger charge is -2.13. The molecule has 28 heavy (non-hydrogen) atoms. The highest BCUT2D eigenvalue weighted by atomic mass is 32.1. The Balaban J connectivity index is 1.84. The van der Waals surface area contributed by atoms with Crippen molar-refractivity contribution in [3.05, 3.63) is 69.0 Å². The van der Waals surface area contributed by atoms with Crippen molar-refractivity contribution in [1.82, 2.24) is 4.98 Å². The molecule has 0 fully saturated rings. The maximum atomic E-state index is 12.3. The molecular weight excluding hydrogens is 376 g/mol. The van der Waals surface area contributed by atoms with Gasteiger partial charge >= 0.3 is 11.6 Å². The zero-order valence-electron chi connectivity index (χ0n) is 16.1. The highest BCUT2D eigenvalue weighted by molar-refractivity contribution is 7.13. The highest BCUT2D eigenvalue weighted by Crippen LogP contribution is 2.27. The first-order valence-electron chi connectivity index (χ1n) is 8.93. The van der Waals surface area contributed by atoms with Crippen molar-refractivity contribution in [2.24, 2.45) is 0 Å². The molecule has 2 aromatic heterocycles. The molecule has 0 atom stereocenters. The van der Waals surface area contributed by atoms with Crippen LogP contribution < -0.4 is 10.9 Å². The monoisotopic (exact) mass is 398 g/mol. The molecule has 7 heteroatoms. The molecule has 0 aliphatic heterocycles. The van der Waals surface area contributed by atoms with Crippen LogP contribution in [0.1, 0.15) is 46.9 Å². The lowest BCUT2D eigenvalue weighted by Crippen LogP contribution is -2.09. The van der Waals surface area contributed by atoms with E-state index >= 15 is 0 Å². The summed E-state index contributed by atoms with van der Waals surface area (Å²) >= 11 is 1.32. The SMILES string of the molecule is C=CCNc1nc(C(=O)OCc2cc(=O)oc3cc(C)c(C(C)C)cc23)cs1. The number of ether oxygens (including phenoxy) is 1. The summed E-state index contributed by atoms with van der Waals surface area (Å²) in [5.41, 5.74) is 3.07. The predicted octanol–water partition coefficient (Wildman–Crippen LogP) is 4.64. The van der Waals surface area contributed by atoms with E-state index in [1.54, 1.807) is 11.5 Å². The third-order valence-corrected chi connectivity index (χ3v) is 5.11. The number of nitrogens with one attached hydrogen (secondary N) is 1. The molecule has 0 bridgehead atoms. The van der Waals surface area contributed by atoms with Crippen LogP contribution in [0.2, 0.25) is 0 Å². The van der Waals surface area contributed by atoms with Gasteiger partial charge in [-0.25, -0.2) is 14.6 Å². The van der Waals surface area contributed by atoms with E-state index in [9.17, 15) is 9.59 Å². The normalized spacial score (nSPS) is 11.0. The van der Waals surface area contributed by atoms with Crippen molar-refractivity contribution in [2.75, 3.05) is 11.9 Å². The molecule has 0 amide bonds. The van der Waals surface area contributed by atoms with Crippen molar-refractivity contribution < 1.29 is 13.9 Å². The molecule has 0 aliphatic rings. The zero-order chi connectivity index (χ0) is 20.3. The maximum Gasteiger partial charge on any atom is 0.358 e. The number of hydrogen-bond donors (Lipinski definition) is 1. The van der Waals surface area contributed by atoms with Crippen molar-refractivity contribution in [3.8, 4) is 0 Å². The fourth-order valence-electron chi connectivity index (χ4n) is 2.96. The fraction of sp³-hybridized carbons (Fsp3) is 0.286. The summed E-state index contributed by atoms with van der Waals surface area (Å²) in [6.45, 7) is 10.3. The number of carbonyl (C=O) groups excluding carboxylic acids is 1. The lowest BCUT2D eigenvalue weighted by molar-refractivity contribution is 0.0468. The number of thiazole rings is 1. The summed E-state index contributed by atoms with van der Waals surface area (Å²) in [6.07, 6.45) is 1.71. The Labute approximate surface area is 166 Å². The summed E-state index contributed by atoms with van der Waals surface area (Å²) in [7, 11) is 0. The van der Waals surface area contributed by atoms with Crippen LogP contribution in [0.3, 0.4) is 0 Å². The number of aromatic nitrogens is 1. The maximum absolute atomic E-state index is 12.3. The number of aryl methyl sites for hydroxylation is 1.